The molecule has 0 aliphatic heterocycles. The molecule has 0 aliphatic rings. The van der Waals surface area contributed by atoms with E-state index in [9.17, 15) is 0 Å². The van der Waals surface area contributed by atoms with Gasteiger partial charge in [0.2, 0.25) is 0 Å². The van der Waals surface area contributed by atoms with Crippen LogP contribution in [0, 0.1) is 6.92 Å². The monoisotopic (exact) mass is 222 g/mol. The first-order chi connectivity index (χ1) is 7.20. The van der Waals surface area contributed by atoms with Crippen molar-refractivity contribution in [2.24, 2.45) is 5.73 Å². The number of aryl methyl sites for hydroxylation is 1. The van der Waals surface area contributed by atoms with Crippen molar-refractivity contribution in [2.45, 2.75) is 13.5 Å². The Morgan fingerprint density at radius 1 is 1.47 bits per heavy atom. The van der Waals surface area contributed by atoms with Crippen LogP contribution in [-0.4, -0.2) is 14.8 Å². The quantitative estimate of drug-likeness (QED) is 0.841. The van der Waals surface area contributed by atoms with Gasteiger partial charge in [-0.15, -0.1) is 0 Å². The Balaban J connectivity index is 2.45. The third-order valence-electron chi connectivity index (χ3n) is 2.11. The molecule has 0 saturated heterocycles. The Morgan fingerprint density at radius 3 is 2.80 bits per heavy atom. The van der Waals surface area contributed by atoms with Crippen LogP contribution in [-0.2, 0) is 6.54 Å². The second kappa shape index (κ2) is 4.00. The Labute approximate surface area is 92.7 Å². The van der Waals surface area contributed by atoms with Gasteiger partial charge < -0.3 is 5.73 Å². The van der Waals surface area contributed by atoms with E-state index in [1.807, 2.05) is 13.0 Å². The largest absolute Gasteiger partial charge is 0.326 e. The van der Waals surface area contributed by atoms with Crippen LogP contribution in [0.4, 0.5) is 0 Å². The van der Waals surface area contributed by atoms with Crippen molar-refractivity contribution in [1.82, 2.24) is 14.8 Å². The third-order valence-corrected chi connectivity index (χ3v) is 2.31. The third kappa shape index (κ3) is 2.00. The van der Waals surface area contributed by atoms with Gasteiger partial charge in [-0.3, -0.25) is 0 Å². The van der Waals surface area contributed by atoms with Crippen molar-refractivity contribution < 1.29 is 0 Å². The standard InChI is InChI=1S/C10H11ClN4/c1-7-2-8(3-12)4-13-10(7)15-6-9(11)5-14-15/h2,4-6H,3,12H2,1H3. The Hall–Kier alpha value is -1.39. The first kappa shape index (κ1) is 10.1. The predicted molar refractivity (Wildman–Crippen MR) is 59.0 cm³/mol. The summed E-state index contributed by atoms with van der Waals surface area (Å²) in [4.78, 5) is 4.29. The van der Waals surface area contributed by atoms with E-state index in [1.54, 1.807) is 23.3 Å². The highest BCUT2D eigenvalue weighted by molar-refractivity contribution is 6.30. The van der Waals surface area contributed by atoms with Crippen LogP contribution in [0.3, 0.4) is 0 Å². The number of nitrogens with two attached hydrogens (primary N) is 1. The Kier molecular flexibility index (Phi) is 2.70. The first-order valence-corrected chi connectivity index (χ1v) is 4.94. The van der Waals surface area contributed by atoms with Crippen molar-refractivity contribution in [3.63, 3.8) is 0 Å². The summed E-state index contributed by atoms with van der Waals surface area (Å²) >= 11 is 5.79. The van der Waals surface area contributed by atoms with E-state index in [4.69, 9.17) is 17.3 Å². The summed E-state index contributed by atoms with van der Waals surface area (Å²) in [5.41, 5.74) is 7.56. The molecule has 2 rings (SSSR count). The molecule has 0 spiro atoms. The minimum atomic E-state index is 0.494. The fourth-order valence-electron chi connectivity index (χ4n) is 1.39. The number of aromatic nitrogens is 3. The fourth-order valence-corrected chi connectivity index (χ4v) is 1.53. The first-order valence-electron chi connectivity index (χ1n) is 4.57. The molecule has 0 radical (unpaired) electrons. The average molecular weight is 223 g/mol. The maximum absolute atomic E-state index is 5.79. The minimum Gasteiger partial charge on any atom is -0.326 e. The molecule has 0 bridgehead atoms. The normalized spacial score (nSPS) is 10.6. The molecule has 2 N–H and O–H groups in total. The summed E-state index contributed by atoms with van der Waals surface area (Å²) in [6.07, 6.45) is 5.05. The Bertz CT molecular complexity index is 478. The van der Waals surface area contributed by atoms with Crippen LogP contribution in [0.1, 0.15) is 11.1 Å². The molecule has 5 heteroatoms. The SMILES string of the molecule is Cc1cc(CN)cnc1-n1cc(Cl)cn1. The van der Waals surface area contributed by atoms with Crippen molar-refractivity contribution >= 4 is 11.6 Å². The molecule has 0 saturated carbocycles. The van der Waals surface area contributed by atoms with Crippen LogP contribution in [0.5, 0.6) is 0 Å². The van der Waals surface area contributed by atoms with Gasteiger partial charge in [0, 0.05) is 12.7 Å². The molecule has 0 aliphatic carbocycles. The highest BCUT2D eigenvalue weighted by Crippen LogP contribution is 2.14. The molecule has 2 aromatic rings. The van der Waals surface area contributed by atoms with Gasteiger partial charge in [-0.2, -0.15) is 5.10 Å². The van der Waals surface area contributed by atoms with Crippen molar-refractivity contribution in [2.75, 3.05) is 0 Å². The van der Waals surface area contributed by atoms with Gasteiger partial charge in [0.05, 0.1) is 17.4 Å². The number of hydrogen-bond donors (Lipinski definition) is 1. The van der Waals surface area contributed by atoms with E-state index in [0.29, 0.717) is 11.6 Å². The van der Waals surface area contributed by atoms with E-state index in [-0.39, 0.29) is 0 Å². The van der Waals surface area contributed by atoms with E-state index in [1.165, 1.54) is 0 Å². The second-order valence-electron chi connectivity index (χ2n) is 3.29. The van der Waals surface area contributed by atoms with Gasteiger partial charge in [-0.05, 0) is 24.1 Å². The Morgan fingerprint density at radius 2 is 2.27 bits per heavy atom. The molecular formula is C10H11ClN4. The number of rotatable bonds is 2. The lowest BCUT2D eigenvalue weighted by atomic mass is 10.2. The molecule has 0 unspecified atom stereocenters. The fraction of sp³-hybridized carbons (Fsp3) is 0.200. The smallest absolute Gasteiger partial charge is 0.156 e. The number of nitrogens with zero attached hydrogens (tertiary/aromatic N) is 3. The highest BCUT2D eigenvalue weighted by atomic mass is 35.5. The van der Waals surface area contributed by atoms with Crippen molar-refractivity contribution in [3.8, 4) is 5.82 Å². The average Bonchev–Trinajstić information content (AvgIpc) is 2.64. The maximum Gasteiger partial charge on any atom is 0.156 e. The summed E-state index contributed by atoms with van der Waals surface area (Å²) in [7, 11) is 0. The summed E-state index contributed by atoms with van der Waals surface area (Å²) < 4.78 is 1.65. The van der Waals surface area contributed by atoms with Crippen LogP contribution in [0.25, 0.3) is 5.82 Å². The van der Waals surface area contributed by atoms with Crippen LogP contribution >= 0.6 is 11.6 Å². The van der Waals surface area contributed by atoms with E-state index in [2.05, 4.69) is 10.1 Å². The number of halogens is 1. The molecule has 0 fully saturated rings. The van der Waals surface area contributed by atoms with Crippen molar-refractivity contribution in [3.05, 3.63) is 40.8 Å². The van der Waals surface area contributed by atoms with Crippen LogP contribution in [0.15, 0.2) is 24.7 Å². The van der Waals surface area contributed by atoms with Gasteiger partial charge in [0.1, 0.15) is 0 Å². The molecule has 4 nitrogen and oxygen atoms in total. The minimum absolute atomic E-state index is 0.494. The van der Waals surface area contributed by atoms with Gasteiger partial charge in [-0.1, -0.05) is 11.6 Å². The van der Waals surface area contributed by atoms with Crippen molar-refractivity contribution in [1.29, 1.82) is 0 Å². The predicted octanol–water partition coefficient (Wildman–Crippen LogP) is 1.69. The number of hydrogen-bond acceptors (Lipinski definition) is 3. The summed E-state index contributed by atoms with van der Waals surface area (Å²) in [6, 6.07) is 2.00. The molecule has 2 heterocycles. The van der Waals surface area contributed by atoms with E-state index >= 15 is 0 Å². The molecular weight excluding hydrogens is 212 g/mol. The van der Waals surface area contributed by atoms with Crippen LogP contribution in [0.2, 0.25) is 5.02 Å². The molecule has 0 atom stereocenters. The molecule has 78 valence electrons. The van der Waals surface area contributed by atoms with Crippen LogP contribution < -0.4 is 5.73 Å². The summed E-state index contributed by atoms with van der Waals surface area (Å²) in [5.74, 6) is 0.777. The lowest BCUT2D eigenvalue weighted by Gasteiger charge is -2.05. The molecule has 0 amide bonds. The van der Waals surface area contributed by atoms with Gasteiger partial charge in [0.15, 0.2) is 5.82 Å². The zero-order chi connectivity index (χ0) is 10.8. The second-order valence-corrected chi connectivity index (χ2v) is 3.73. The summed E-state index contributed by atoms with van der Waals surface area (Å²) in [6.45, 7) is 2.46. The van der Waals surface area contributed by atoms with E-state index < -0.39 is 0 Å². The van der Waals surface area contributed by atoms with Gasteiger partial charge in [-0.25, -0.2) is 9.67 Å². The topological polar surface area (TPSA) is 56.7 Å². The highest BCUT2D eigenvalue weighted by Gasteiger charge is 2.04. The lowest BCUT2D eigenvalue weighted by Crippen LogP contribution is -2.04. The zero-order valence-corrected chi connectivity index (χ0v) is 9.07. The molecule has 2 aromatic heterocycles. The maximum atomic E-state index is 5.79. The summed E-state index contributed by atoms with van der Waals surface area (Å²) in [5, 5.41) is 4.69. The van der Waals surface area contributed by atoms with Gasteiger partial charge in [0.25, 0.3) is 0 Å². The molecule has 15 heavy (non-hydrogen) atoms. The zero-order valence-electron chi connectivity index (χ0n) is 8.31. The van der Waals surface area contributed by atoms with Gasteiger partial charge >= 0.3 is 0 Å². The molecule has 0 aromatic carbocycles. The number of pyridine rings is 1. The van der Waals surface area contributed by atoms with E-state index in [0.717, 1.165) is 16.9 Å². The lowest BCUT2D eigenvalue weighted by molar-refractivity contribution is 0.833.